The Hall–Kier alpha value is -0.820. The number of piperazine rings is 1. The van der Waals surface area contributed by atoms with Crippen molar-refractivity contribution in [3.05, 3.63) is 5.82 Å². The Kier molecular flexibility index (Phi) is 4.16. The van der Waals surface area contributed by atoms with Crippen molar-refractivity contribution in [2.75, 3.05) is 31.1 Å². The first-order valence-electron chi connectivity index (χ1n) is 7.28. The summed E-state index contributed by atoms with van der Waals surface area (Å²) in [7, 11) is 0. The molecule has 112 valence electrons. The molecule has 2 fully saturated rings. The van der Waals surface area contributed by atoms with Crippen LogP contribution < -0.4 is 4.90 Å². The van der Waals surface area contributed by atoms with Gasteiger partial charge >= 0.3 is 0 Å². The second-order valence-corrected chi connectivity index (χ2v) is 6.33. The van der Waals surface area contributed by atoms with E-state index in [0.717, 1.165) is 30.5 Å². The molecule has 7 heteroatoms. The molecule has 0 unspecified atom stereocenters. The van der Waals surface area contributed by atoms with E-state index in [-0.39, 0.29) is 12.6 Å². The normalized spacial score (nSPS) is 24.6. The van der Waals surface area contributed by atoms with Gasteiger partial charge in [0.25, 0.3) is 6.43 Å². The van der Waals surface area contributed by atoms with Crippen molar-refractivity contribution in [3.8, 4) is 0 Å². The number of anilines is 1. The molecule has 1 saturated heterocycles. The number of halogens is 2. The van der Waals surface area contributed by atoms with Gasteiger partial charge in [-0.2, -0.15) is 4.37 Å². The zero-order valence-corrected chi connectivity index (χ0v) is 12.5. The highest BCUT2D eigenvalue weighted by Crippen LogP contribution is 2.39. The minimum Gasteiger partial charge on any atom is -0.344 e. The van der Waals surface area contributed by atoms with E-state index in [1.165, 1.54) is 24.4 Å². The van der Waals surface area contributed by atoms with Gasteiger partial charge in [-0.15, -0.1) is 0 Å². The molecule has 1 aromatic rings. The topological polar surface area (TPSA) is 32.3 Å². The van der Waals surface area contributed by atoms with Gasteiger partial charge in [0.2, 0.25) is 5.13 Å². The van der Waals surface area contributed by atoms with E-state index in [2.05, 4.69) is 21.2 Å². The molecule has 1 saturated carbocycles. The molecule has 0 bridgehead atoms. The quantitative estimate of drug-likeness (QED) is 0.837. The van der Waals surface area contributed by atoms with Gasteiger partial charge in [0, 0.05) is 43.1 Å². The smallest absolute Gasteiger partial charge is 0.251 e. The van der Waals surface area contributed by atoms with Gasteiger partial charge in [0.05, 0.1) is 6.54 Å². The Labute approximate surface area is 122 Å². The summed E-state index contributed by atoms with van der Waals surface area (Å²) >= 11 is 1.45. The highest BCUT2D eigenvalue weighted by molar-refractivity contribution is 7.09. The van der Waals surface area contributed by atoms with Gasteiger partial charge in [-0.3, -0.25) is 4.90 Å². The predicted molar refractivity (Wildman–Crippen MR) is 75.8 cm³/mol. The summed E-state index contributed by atoms with van der Waals surface area (Å²) in [6.07, 6.45) is 1.04. The van der Waals surface area contributed by atoms with E-state index in [9.17, 15) is 8.78 Å². The first-order chi connectivity index (χ1) is 9.67. The molecule has 1 aromatic heterocycles. The Balaban J connectivity index is 1.63. The van der Waals surface area contributed by atoms with E-state index in [4.69, 9.17) is 0 Å². The van der Waals surface area contributed by atoms with Crippen LogP contribution in [-0.4, -0.2) is 52.9 Å². The molecular formula is C13H20F2N4S. The lowest BCUT2D eigenvalue weighted by molar-refractivity contribution is 0.0588. The molecule has 3 rings (SSSR count). The summed E-state index contributed by atoms with van der Waals surface area (Å²) in [6, 6.07) is 0.186. The summed E-state index contributed by atoms with van der Waals surface area (Å²) in [4.78, 5) is 8.73. The number of aromatic nitrogens is 2. The average molecular weight is 302 g/mol. The number of hydrogen-bond donors (Lipinski definition) is 0. The molecule has 2 heterocycles. The lowest BCUT2D eigenvalue weighted by atomic mass is 10.1. The summed E-state index contributed by atoms with van der Waals surface area (Å²) in [5, 5.41) is 0.960. The zero-order chi connectivity index (χ0) is 14.1. The Bertz CT molecular complexity index is 449. The molecule has 0 aromatic carbocycles. The van der Waals surface area contributed by atoms with Crippen molar-refractivity contribution in [2.45, 2.75) is 44.6 Å². The molecule has 0 amide bonds. The minimum atomic E-state index is -2.25. The Morgan fingerprint density at radius 2 is 2.15 bits per heavy atom. The molecule has 1 aliphatic heterocycles. The van der Waals surface area contributed by atoms with Gasteiger partial charge < -0.3 is 4.90 Å². The van der Waals surface area contributed by atoms with Crippen molar-refractivity contribution >= 4 is 16.7 Å². The highest BCUT2D eigenvalue weighted by Gasteiger charge is 2.31. The standard InChI is InChI=1S/C13H20F2N4S/c1-2-10-7-19(6-5-18(10)8-11(14)15)13-16-12(17-20-13)9-3-4-9/h9-11H,2-8H2,1H3/t10-/m1/s1. The van der Waals surface area contributed by atoms with E-state index in [1.807, 2.05) is 4.90 Å². The van der Waals surface area contributed by atoms with Crippen LogP contribution in [0.15, 0.2) is 0 Å². The number of alkyl halides is 2. The molecule has 1 aliphatic carbocycles. The number of nitrogens with zero attached hydrogens (tertiary/aromatic N) is 4. The van der Waals surface area contributed by atoms with Crippen LogP contribution in [0.4, 0.5) is 13.9 Å². The van der Waals surface area contributed by atoms with Gasteiger partial charge in [-0.1, -0.05) is 6.92 Å². The monoisotopic (exact) mass is 302 g/mol. The lowest BCUT2D eigenvalue weighted by Crippen LogP contribution is -2.54. The van der Waals surface area contributed by atoms with E-state index in [1.54, 1.807) is 0 Å². The van der Waals surface area contributed by atoms with E-state index >= 15 is 0 Å². The number of rotatable bonds is 5. The van der Waals surface area contributed by atoms with Crippen molar-refractivity contribution in [2.24, 2.45) is 0 Å². The molecule has 0 N–H and O–H groups in total. The zero-order valence-electron chi connectivity index (χ0n) is 11.6. The van der Waals surface area contributed by atoms with Crippen LogP contribution in [0.25, 0.3) is 0 Å². The predicted octanol–water partition coefficient (Wildman–Crippen LogP) is 2.58. The molecular weight excluding hydrogens is 282 g/mol. The third kappa shape index (κ3) is 3.09. The van der Waals surface area contributed by atoms with Crippen LogP contribution in [0, 0.1) is 0 Å². The van der Waals surface area contributed by atoms with Crippen LogP contribution in [0.5, 0.6) is 0 Å². The maximum absolute atomic E-state index is 12.6. The lowest BCUT2D eigenvalue weighted by Gasteiger charge is -2.40. The maximum Gasteiger partial charge on any atom is 0.251 e. The SMILES string of the molecule is CC[C@@H]1CN(c2nc(C3CC3)ns2)CCN1CC(F)F. The van der Waals surface area contributed by atoms with Crippen LogP contribution >= 0.6 is 11.5 Å². The second kappa shape index (κ2) is 5.89. The summed E-state index contributed by atoms with van der Waals surface area (Å²) in [5.41, 5.74) is 0. The van der Waals surface area contributed by atoms with Crippen molar-refractivity contribution in [1.82, 2.24) is 14.3 Å². The van der Waals surface area contributed by atoms with E-state index < -0.39 is 6.43 Å². The fourth-order valence-electron chi connectivity index (χ4n) is 2.73. The first-order valence-corrected chi connectivity index (χ1v) is 8.05. The van der Waals surface area contributed by atoms with Gasteiger partial charge in [0.15, 0.2) is 0 Å². The van der Waals surface area contributed by atoms with Crippen LogP contribution in [0.1, 0.15) is 37.9 Å². The highest BCUT2D eigenvalue weighted by atomic mass is 32.1. The fourth-order valence-corrected chi connectivity index (χ4v) is 3.51. The summed E-state index contributed by atoms with van der Waals surface area (Å²) in [5.74, 6) is 1.55. The van der Waals surface area contributed by atoms with Gasteiger partial charge in [-0.05, 0) is 19.3 Å². The van der Waals surface area contributed by atoms with Crippen molar-refractivity contribution in [3.63, 3.8) is 0 Å². The van der Waals surface area contributed by atoms with Gasteiger partial charge in [0.1, 0.15) is 5.82 Å². The molecule has 0 radical (unpaired) electrons. The van der Waals surface area contributed by atoms with Crippen molar-refractivity contribution in [1.29, 1.82) is 0 Å². The van der Waals surface area contributed by atoms with Crippen LogP contribution in [0.3, 0.4) is 0 Å². The molecule has 0 spiro atoms. The Morgan fingerprint density at radius 3 is 2.80 bits per heavy atom. The minimum absolute atomic E-state index is 0.115. The largest absolute Gasteiger partial charge is 0.344 e. The number of hydrogen-bond acceptors (Lipinski definition) is 5. The average Bonchev–Trinajstić information content (AvgIpc) is 3.17. The van der Waals surface area contributed by atoms with Crippen molar-refractivity contribution < 1.29 is 8.78 Å². The van der Waals surface area contributed by atoms with Crippen LogP contribution in [0.2, 0.25) is 0 Å². The van der Waals surface area contributed by atoms with E-state index in [0.29, 0.717) is 12.5 Å². The first kappa shape index (κ1) is 14.1. The summed E-state index contributed by atoms with van der Waals surface area (Å²) in [6.45, 7) is 4.17. The maximum atomic E-state index is 12.6. The Morgan fingerprint density at radius 1 is 1.35 bits per heavy atom. The molecule has 1 atom stereocenters. The fraction of sp³-hybridized carbons (Fsp3) is 0.846. The molecule has 4 nitrogen and oxygen atoms in total. The molecule has 20 heavy (non-hydrogen) atoms. The third-order valence-corrected chi connectivity index (χ3v) is 4.88. The third-order valence-electron chi connectivity index (χ3n) is 4.09. The summed E-state index contributed by atoms with van der Waals surface area (Å²) < 4.78 is 29.6. The second-order valence-electron chi connectivity index (χ2n) is 5.60. The molecule has 2 aliphatic rings. The van der Waals surface area contributed by atoms with Gasteiger partial charge in [-0.25, -0.2) is 13.8 Å². The van der Waals surface area contributed by atoms with Crippen LogP contribution in [-0.2, 0) is 0 Å².